The van der Waals surface area contributed by atoms with Crippen LogP contribution in [0.1, 0.15) is 31.0 Å². The highest BCUT2D eigenvalue weighted by Gasteiger charge is 2.21. The molecule has 0 bridgehead atoms. The number of aromatic nitrogens is 1. The number of hydrogen-bond donors (Lipinski definition) is 0. The van der Waals surface area contributed by atoms with Crippen LogP contribution in [-0.2, 0) is 6.42 Å². The predicted octanol–water partition coefficient (Wildman–Crippen LogP) is 4.23. The molecule has 1 aromatic heterocycles. The first-order valence-corrected chi connectivity index (χ1v) is 9.24. The number of rotatable bonds is 4. The van der Waals surface area contributed by atoms with Crippen LogP contribution in [0, 0.1) is 6.92 Å². The van der Waals surface area contributed by atoms with Crippen LogP contribution >= 0.6 is 11.9 Å². The van der Waals surface area contributed by atoms with Gasteiger partial charge in [0.1, 0.15) is 6.10 Å². The average molecular weight is 316 g/mol. The van der Waals surface area contributed by atoms with E-state index in [0.29, 0.717) is 0 Å². The zero-order chi connectivity index (χ0) is 15.5. The van der Waals surface area contributed by atoms with Gasteiger partial charge in [0.15, 0.2) is 0 Å². The summed E-state index contributed by atoms with van der Waals surface area (Å²) < 4.78 is 8.74. The number of fused-ring (bicyclic) bond motifs is 1. The molecule has 4 heteroatoms. The van der Waals surface area contributed by atoms with Crippen molar-refractivity contribution in [2.24, 2.45) is 0 Å². The molecule has 3 rings (SSSR count). The SMILES string of the molecule is CCc1cc2cccc(C)c2c(OC2CCN(SC)CC2)n1. The Hall–Kier alpha value is -1.26. The van der Waals surface area contributed by atoms with Crippen molar-refractivity contribution < 1.29 is 4.74 Å². The molecule has 2 aromatic rings. The van der Waals surface area contributed by atoms with Crippen LogP contribution in [0.5, 0.6) is 5.88 Å². The Morgan fingerprint density at radius 3 is 2.77 bits per heavy atom. The third kappa shape index (κ3) is 3.23. The molecule has 1 aliphatic heterocycles. The Bertz CT molecular complexity index is 651. The van der Waals surface area contributed by atoms with Crippen LogP contribution < -0.4 is 4.74 Å². The number of aryl methyl sites for hydroxylation is 2. The van der Waals surface area contributed by atoms with Gasteiger partial charge in [-0.25, -0.2) is 4.98 Å². The van der Waals surface area contributed by atoms with Crippen molar-refractivity contribution in [1.82, 2.24) is 9.29 Å². The minimum Gasteiger partial charge on any atom is -0.474 e. The van der Waals surface area contributed by atoms with Crippen molar-refractivity contribution in [3.8, 4) is 5.88 Å². The summed E-state index contributed by atoms with van der Waals surface area (Å²) in [5.41, 5.74) is 2.35. The van der Waals surface area contributed by atoms with E-state index in [0.717, 1.165) is 43.9 Å². The smallest absolute Gasteiger partial charge is 0.222 e. The molecule has 0 atom stereocenters. The molecule has 0 N–H and O–H groups in total. The Kier molecular flexibility index (Phi) is 4.89. The Labute approximate surface area is 137 Å². The molecule has 0 aliphatic carbocycles. The van der Waals surface area contributed by atoms with E-state index < -0.39 is 0 Å². The minimum absolute atomic E-state index is 0.283. The fraction of sp³-hybridized carbons (Fsp3) is 0.500. The van der Waals surface area contributed by atoms with Crippen molar-refractivity contribution in [3.63, 3.8) is 0 Å². The van der Waals surface area contributed by atoms with Crippen molar-refractivity contribution in [1.29, 1.82) is 0 Å². The van der Waals surface area contributed by atoms with Crippen molar-refractivity contribution >= 4 is 22.7 Å². The van der Waals surface area contributed by atoms with Crippen LogP contribution in [0.3, 0.4) is 0 Å². The van der Waals surface area contributed by atoms with E-state index in [1.165, 1.54) is 16.3 Å². The summed E-state index contributed by atoms with van der Waals surface area (Å²) in [4.78, 5) is 4.77. The van der Waals surface area contributed by atoms with Crippen LogP contribution in [0.25, 0.3) is 10.8 Å². The lowest BCUT2D eigenvalue weighted by Gasteiger charge is -2.30. The van der Waals surface area contributed by atoms with Gasteiger partial charge in [-0.3, -0.25) is 4.31 Å². The van der Waals surface area contributed by atoms with Gasteiger partial charge in [0.2, 0.25) is 5.88 Å². The van der Waals surface area contributed by atoms with E-state index in [4.69, 9.17) is 9.72 Å². The summed E-state index contributed by atoms with van der Waals surface area (Å²) in [6, 6.07) is 8.59. The van der Waals surface area contributed by atoms with Crippen molar-refractivity contribution in [3.05, 3.63) is 35.5 Å². The third-order valence-corrected chi connectivity index (χ3v) is 5.27. The molecule has 0 unspecified atom stereocenters. The van der Waals surface area contributed by atoms with Crippen molar-refractivity contribution in [2.45, 2.75) is 39.2 Å². The van der Waals surface area contributed by atoms with E-state index in [1.54, 1.807) is 0 Å². The number of ether oxygens (including phenoxy) is 1. The normalized spacial score (nSPS) is 17.0. The van der Waals surface area contributed by atoms with Gasteiger partial charge in [0.25, 0.3) is 0 Å². The molecular formula is C18H24N2OS. The van der Waals surface area contributed by atoms with Gasteiger partial charge in [0.05, 0.1) is 0 Å². The Morgan fingerprint density at radius 2 is 2.09 bits per heavy atom. The molecule has 0 spiro atoms. The van der Waals surface area contributed by atoms with E-state index in [9.17, 15) is 0 Å². The second-order valence-electron chi connectivity index (χ2n) is 5.87. The molecule has 3 nitrogen and oxygen atoms in total. The molecule has 1 aromatic carbocycles. The Morgan fingerprint density at radius 1 is 1.32 bits per heavy atom. The standard InChI is InChI=1S/C18H24N2OS/c1-4-15-12-14-7-5-6-13(2)17(14)18(19-15)21-16-8-10-20(22-3)11-9-16/h5-7,12,16H,4,8-11H2,1-3H3. The van der Waals surface area contributed by atoms with Gasteiger partial charge >= 0.3 is 0 Å². The molecule has 0 saturated carbocycles. The molecule has 22 heavy (non-hydrogen) atoms. The average Bonchev–Trinajstić information content (AvgIpc) is 2.55. The summed E-state index contributed by atoms with van der Waals surface area (Å²) in [6.07, 6.45) is 5.51. The summed E-state index contributed by atoms with van der Waals surface area (Å²) in [6.45, 7) is 6.47. The summed E-state index contributed by atoms with van der Waals surface area (Å²) in [5, 5.41) is 2.41. The maximum atomic E-state index is 6.34. The minimum atomic E-state index is 0.283. The van der Waals surface area contributed by atoms with Gasteiger partial charge in [-0.05, 0) is 49.5 Å². The van der Waals surface area contributed by atoms with Gasteiger partial charge in [-0.1, -0.05) is 37.1 Å². The highest BCUT2D eigenvalue weighted by atomic mass is 32.2. The van der Waals surface area contributed by atoms with E-state index in [-0.39, 0.29) is 6.10 Å². The second-order valence-corrected chi connectivity index (χ2v) is 6.76. The van der Waals surface area contributed by atoms with E-state index in [1.807, 2.05) is 11.9 Å². The molecule has 118 valence electrons. The largest absolute Gasteiger partial charge is 0.474 e. The van der Waals surface area contributed by atoms with Crippen molar-refractivity contribution in [2.75, 3.05) is 19.3 Å². The molecule has 1 fully saturated rings. The first kappa shape index (κ1) is 15.6. The van der Waals surface area contributed by atoms with Gasteiger partial charge in [-0.15, -0.1) is 0 Å². The molecule has 0 amide bonds. The number of hydrogen-bond acceptors (Lipinski definition) is 4. The summed E-state index contributed by atoms with van der Waals surface area (Å²) in [5.74, 6) is 0.829. The molecule has 2 heterocycles. The fourth-order valence-corrected chi connectivity index (χ4v) is 3.63. The summed E-state index contributed by atoms with van der Waals surface area (Å²) in [7, 11) is 0. The lowest BCUT2D eigenvalue weighted by molar-refractivity contribution is 0.135. The monoisotopic (exact) mass is 316 g/mol. The number of piperidine rings is 1. The van der Waals surface area contributed by atoms with Crippen LogP contribution in [0.4, 0.5) is 0 Å². The first-order chi connectivity index (χ1) is 10.7. The topological polar surface area (TPSA) is 25.4 Å². The predicted molar refractivity (Wildman–Crippen MR) is 94.6 cm³/mol. The quantitative estimate of drug-likeness (QED) is 0.788. The number of nitrogens with zero attached hydrogens (tertiary/aromatic N) is 2. The lowest BCUT2D eigenvalue weighted by atomic mass is 10.1. The molecule has 1 aliphatic rings. The van der Waals surface area contributed by atoms with Gasteiger partial charge in [0, 0.05) is 24.2 Å². The molecular weight excluding hydrogens is 292 g/mol. The maximum absolute atomic E-state index is 6.34. The Balaban J connectivity index is 1.89. The second kappa shape index (κ2) is 6.88. The summed E-state index contributed by atoms with van der Waals surface area (Å²) >= 11 is 1.83. The zero-order valence-corrected chi connectivity index (χ0v) is 14.4. The lowest BCUT2D eigenvalue weighted by Crippen LogP contribution is -2.34. The molecule has 1 saturated heterocycles. The third-order valence-electron chi connectivity index (χ3n) is 4.39. The van der Waals surface area contributed by atoms with Crippen LogP contribution in [0.15, 0.2) is 24.3 Å². The van der Waals surface area contributed by atoms with Gasteiger partial charge < -0.3 is 4.74 Å². The molecule has 0 radical (unpaired) electrons. The number of benzene rings is 1. The maximum Gasteiger partial charge on any atom is 0.222 e. The highest BCUT2D eigenvalue weighted by Crippen LogP contribution is 2.30. The zero-order valence-electron chi connectivity index (χ0n) is 13.6. The van der Waals surface area contributed by atoms with E-state index >= 15 is 0 Å². The van der Waals surface area contributed by atoms with Gasteiger partial charge in [-0.2, -0.15) is 0 Å². The number of pyridine rings is 1. The van der Waals surface area contributed by atoms with Crippen LogP contribution in [-0.4, -0.2) is 34.7 Å². The first-order valence-electron chi connectivity index (χ1n) is 8.06. The fourth-order valence-electron chi connectivity index (χ4n) is 3.06. The van der Waals surface area contributed by atoms with E-state index in [2.05, 4.69) is 48.7 Å². The van der Waals surface area contributed by atoms with Crippen LogP contribution in [0.2, 0.25) is 0 Å². The highest BCUT2D eigenvalue weighted by molar-refractivity contribution is 7.96.